The normalized spacial score (nSPS) is 13.7. The summed E-state index contributed by atoms with van der Waals surface area (Å²) >= 11 is 0. The van der Waals surface area contributed by atoms with Crippen LogP contribution in [0.25, 0.3) is 10.9 Å². The molecule has 0 aliphatic heterocycles. The highest BCUT2D eigenvalue weighted by atomic mass is 32.2. The lowest BCUT2D eigenvalue weighted by atomic mass is 9.97. The third-order valence-electron chi connectivity index (χ3n) is 6.33. The Kier molecular flexibility index (Phi) is 10.9. The third-order valence-corrected chi connectivity index (χ3v) is 8.26. The summed E-state index contributed by atoms with van der Waals surface area (Å²) in [5, 5.41) is 3.30. The summed E-state index contributed by atoms with van der Waals surface area (Å²) in [4.78, 5) is 30.7. The average Bonchev–Trinajstić information content (AvgIpc) is 2.92. The minimum Gasteiger partial charge on any atom is -0.345 e. The van der Waals surface area contributed by atoms with Crippen molar-refractivity contribution in [3.8, 4) is 0 Å². The number of benzene rings is 2. The van der Waals surface area contributed by atoms with Gasteiger partial charge in [-0.05, 0) is 41.8 Å². The number of nitrogens with one attached hydrogen (secondary N) is 1. The van der Waals surface area contributed by atoms with Crippen LogP contribution < -0.4 is 22.5 Å². The molecular formula is C27H33F3N6O4S. The van der Waals surface area contributed by atoms with Gasteiger partial charge in [-0.25, -0.2) is 8.42 Å². The fraction of sp³-hybridized carbons (Fsp3) is 0.370. The number of ketones is 1. The molecule has 0 unspecified atom stereocenters. The molecule has 1 aromatic heterocycles. The van der Waals surface area contributed by atoms with E-state index in [9.17, 15) is 31.2 Å². The van der Waals surface area contributed by atoms with Crippen LogP contribution in [0.5, 0.6) is 0 Å². The number of amides is 1. The summed E-state index contributed by atoms with van der Waals surface area (Å²) in [5.74, 6) is -2.12. The number of carbonyl (C=O) groups is 2. The van der Waals surface area contributed by atoms with E-state index < -0.39 is 51.3 Å². The molecular weight excluding hydrogens is 561 g/mol. The maximum Gasteiger partial charge on any atom is 0.416 e. The molecule has 1 amide bonds. The van der Waals surface area contributed by atoms with Crippen molar-refractivity contribution < 1.29 is 31.2 Å². The Labute approximate surface area is 236 Å². The minimum absolute atomic E-state index is 0.0112. The number of fused-ring (bicyclic) bond motifs is 1. The van der Waals surface area contributed by atoms with Gasteiger partial charge in [0, 0.05) is 44.2 Å². The zero-order chi connectivity index (χ0) is 30.2. The van der Waals surface area contributed by atoms with Gasteiger partial charge in [-0.2, -0.15) is 17.5 Å². The van der Waals surface area contributed by atoms with E-state index in [1.807, 2.05) is 24.3 Å². The summed E-state index contributed by atoms with van der Waals surface area (Å²) in [6, 6.07) is 10.5. The molecule has 2 atom stereocenters. The summed E-state index contributed by atoms with van der Waals surface area (Å²) in [7, 11) is -4.01. The Morgan fingerprint density at radius 2 is 1.61 bits per heavy atom. The molecule has 0 aliphatic carbocycles. The molecule has 0 bridgehead atoms. The van der Waals surface area contributed by atoms with Crippen LogP contribution in [0.4, 0.5) is 13.2 Å². The van der Waals surface area contributed by atoms with Crippen molar-refractivity contribution in [1.82, 2.24) is 14.6 Å². The largest absolute Gasteiger partial charge is 0.416 e. The van der Waals surface area contributed by atoms with Gasteiger partial charge in [-0.3, -0.25) is 14.6 Å². The van der Waals surface area contributed by atoms with E-state index in [0.29, 0.717) is 11.1 Å². The topological polar surface area (TPSA) is 174 Å². The smallest absolute Gasteiger partial charge is 0.345 e. The second-order valence-corrected chi connectivity index (χ2v) is 11.5. The second-order valence-electron chi connectivity index (χ2n) is 9.50. The maximum atomic E-state index is 13.4. The highest BCUT2D eigenvalue weighted by Crippen LogP contribution is 2.29. The molecule has 0 saturated carbocycles. The van der Waals surface area contributed by atoms with Crippen LogP contribution in [-0.4, -0.2) is 73.4 Å². The molecule has 0 spiro atoms. The van der Waals surface area contributed by atoms with Crippen LogP contribution in [0.3, 0.4) is 0 Å². The zero-order valence-electron chi connectivity index (χ0n) is 22.2. The molecule has 3 rings (SSSR count). The summed E-state index contributed by atoms with van der Waals surface area (Å²) in [5.41, 5.74) is 17.7. The first-order chi connectivity index (χ1) is 19.3. The van der Waals surface area contributed by atoms with Gasteiger partial charge in [-0.1, -0.05) is 30.3 Å². The Balaban J connectivity index is 1.81. The number of sulfonamides is 1. The number of pyridine rings is 1. The van der Waals surface area contributed by atoms with Crippen molar-refractivity contribution in [1.29, 1.82) is 0 Å². The number of halogens is 3. The van der Waals surface area contributed by atoms with E-state index in [4.69, 9.17) is 17.2 Å². The molecule has 14 heteroatoms. The van der Waals surface area contributed by atoms with Crippen LogP contribution in [0, 0.1) is 0 Å². The van der Waals surface area contributed by atoms with E-state index >= 15 is 0 Å². The molecule has 3 aromatic rings. The van der Waals surface area contributed by atoms with Gasteiger partial charge in [0.2, 0.25) is 15.9 Å². The number of carbonyl (C=O) groups excluding carboxylic acids is 2. The van der Waals surface area contributed by atoms with E-state index in [2.05, 4.69) is 10.3 Å². The molecule has 0 aliphatic rings. The SMILES string of the molecule is NCCN(CCN)S(=O)(=O)C[C@H](N)C(=O)N[C@@H](Cc1ccc(C(F)(F)F)cc1)C(=O)Cc1cnc2ccccc2c1. The number of Topliss-reactive ketones (excluding diaryl/α,β-unsaturated/α-hetero) is 1. The first kappa shape index (κ1) is 32.1. The maximum absolute atomic E-state index is 13.4. The molecule has 10 nitrogen and oxygen atoms in total. The summed E-state index contributed by atoms with van der Waals surface area (Å²) in [6.45, 7) is 0.0490. The average molecular weight is 595 g/mol. The fourth-order valence-corrected chi connectivity index (χ4v) is 5.80. The highest BCUT2D eigenvalue weighted by Gasteiger charge is 2.32. The van der Waals surface area contributed by atoms with Crippen LogP contribution in [0.15, 0.2) is 60.8 Å². The van der Waals surface area contributed by atoms with Crippen molar-refractivity contribution in [2.75, 3.05) is 31.9 Å². The predicted octanol–water partition coefficient (Wildman–Crippen LogP) is 0.969. The lowest BCUT2D eigenvalue weighted by Crippen LogP contribution is -2.53. The standard InChI is InChI=1S/C27H33F3N6O4S/c28-27(29,30)21-7-5-18(6-8-21)14-24(25(37)15-19-13-20-3-1-2-4-23(20)34-16-19)35-26(38)22(33)17-41(39,40)36(11-9-31)12-10-32/h1-8,13,16,22,24H,9-12,14-15,17,31-33H2,(H,35,38)/t22-,24-/m0/s1. The van der Waals surface area contributed by atoms with Crippen LogP contribution in [0.1, 0.15) is 16.7 Å². The van der Waals surface area contributed by atoms with Crippen LogP contribution in [0.2, 0.25) is 0 Å². The van der Waals surface area contributed by atoms with Crippen molar-refractivity contribution in [2.24, 2.45) is 17.2 Å². The number of alkyl halides is 3. The van der Waals surface area contributed by atoms with E-state index in [1.54, 1.807) is 6.07 Å². The molecule has 0 radical (unpaired) electrons. The molecule has 41 heavy (non-hydrogen) atoms. The first-order valence-corrected chi connectivity index (χ1v) is 14.4. The Hall–Kier alpha value is -3.43. The number of rotatable bonds is 14. The Bertz CT molecular complexity index is 1450. The van der Waals surface area contributed by atoms with Gasteiger partial charge in [0.1, 0.15) is 0 Å². The van der Waals surface area contributed by atoms with Gasteiger partial charge in [0.05, 0.1) is 28.9 Å². The fourth-order valence-electron chi connectivity index (χ4n) is 4.21. The molecule has 2 aromatic carbocycles. The van der Waals surface area contributed by atoms with Gasteiger partial charge >= 0.3 is 6.18 Å². The van der Waals surface area contributed by atoms with Crippen molar-refractivity contribution in [3.63, 3.8) is 0 Å². The highest BCUT2D eigenvalue weighted by molar-refractivity contribution is 7.89. The summed E-state index contributed by atoms with van der Waals surface area (Å²) < 4.78 is 65.7. The molecule has 222 valence electrons. The third kappa shape index (κ3) is 9.03. The quantitative estimate of drug-likeness (QED) is 0.214. The molecule has 1 heterocycles. The second kappa shape index (κ2) is 14.0. The lowest BCUT2D eigenvalue weighted by molar-refractivity contribution is -0.137. The predicted molar refractivity (Wildman–Crippen MR) is 149 cm³/mol. The van der Waals surface area contributed by atoms with Gasteiger partial charge in [0.25, 0.3) is 0 Å². The first-order valence-electron chi connectivity index (χ1n) is 12.8. The zero-order valence-corrected chi connectivity index (χ0v) is 23.0. The number of nitrogens with zero attached hydrogens (tertiary/aromatic N) is 2. The van der Waals surface area contributed by atoms with E-state index in [0.717, 1.165) is 27.3 Å². The Morgan fingerprint density at radius 1 is 0.976 bits per heavy atom. The lowest BCUT2D eigenvalue weighted by Gasteiger charge is -2.24. The minimum atomic E-state index is -4.54. The molecule has 7 N–H and O–H groups in total. The van der Waals surface area contributed by atoms with Gasteiger partial charge < -0.3 is 22.5 Å². The van der Waals surface area contributed by atoms with E-state index in [1.165, 1.54) is 18.3 Å². The Morgan fingerprint density at radius 3 is 2.22 bits per heavy atom. The molecule has 0 fully saturated rings. The number of aromatic nitrogens is 1. The number of hydrogen-bond donors (Lipinski definition) is 4. The van der Waals surface area contributed by atoms with Crippen molar-refractivity contribution in [2.45, 2.75) is 31.1 Å². The number of hydrogen-bond acceptors (Lipinski definition) is 8. The van der Waals surface area contributed by atoms with E-state index in [-0.39, 0.29) is 39.0 Å². The number of nitrogens with two attached hydrogens (primary N) is 3. The van der Waals surface area contributed by atoms with Gasteiger partial charge in [-0.15, -0.1) is 0 Å². The monoisotopic (exact) mass is 594 g/mol. The summed E-state index contributed by atoms with van der Waals surface area (Å²) in [6.07, 6.45) is -3.29. The molecule has 0 saturated heterocycles. The number of para-hydroxylation sites is 1. The van der Waals surface area contributed by atoms with Crippen molar-refractivity contribution in [3.05, 3.63) is 77.5 Å². The van der Waals surface area contributed by atoms with Crippen molar-refractivity contribution >= 4 is 32.6 Å². The van der Waals surface area contributed by atoms with Crippen LogP contribution >= 0.6 is 0 Å². The van der Waals surface area contributed by atoms with Crippen LogP contribution in [-0.2, 0) is 38.6 Å². The van der Waals surface area contributed by atoms with Gasteiger partial charge in [0.15, 0.2) is 5.78 Å².